The molecule has 0 spiro atoms. The Hall–Kier alpha value is 0.01000. The van der Waals surface area contributed by atoms with Crippen molar-refractivity contribution in [3.63, 3.8) is 0 Å². The van der Waals surface area contributed by atoms with Gasteiger partial charge in [-0.1, -0.05) is 22.9 Å². The third kappa shape index (κ3) is 3.01. The lowest BCUT2D eigenvalue weighted by molar-refractivity contribution is 0.107. The van der Waals surface area contributed by atoms with Gasteiger partial charge in [0.05, 0.1) is 0 Å². The minimum absolute atomic E-state index is 0.400. The number of hydrogen-bond acceptors (Lipinski definition) is 2. The lowest BCUT2D eigenvalue weighted by atomic mass is 10.2. The van der Waals surface area contributed by atoms with E-state index in [4.69, 9.17) is 11.6 Å². The van der Waals surface area contributed by atoms with Crippen LogP contribution in [0.4, 0.5) is 0 Å². The number of thioether (sulfide) groups is 1. The Balaban J connectivity index is 3.10. The molecule has 0 unspecified atom stereocenters. The maximum atomic E-state index is 11.0. The smallest absolute Gasteiger partial charge is 0.253 e. The molecule has 0 fully saturated rings. The second kappa shape index (κ2) is 5.03. The molecule has 1 nitrogen and oxygen atoms in total. The van der Waals surface area contributed by atoms with Crippen molar-refractivity contribution in [1.29, 1.82) is 0 Å². The Morgan fingerprint density at radius 1 is 1.62 bits per heavy atom. The highest BCUT2D eigenvalue weighted by Crippen LogP contribution is 2.27. The van der Waals surface area contributed by atoms with E-state index < -0.39 is 5.24 Å². The van der Waals surface area contributed by atoms with Crippen LogP contribution in [0, 0.1) is 0 Å². The minimum atomic E-state index is -0.400. The molecular formula is C9H8BrClOS. The molecule has 4 heteroatoms. The zero-order valence-corrected chi connectivity index (χ0v) is 10.2. The lowest BCUT2D eigenvalue weighted by Gasteiger charge is -2.04. The summed E-state index contributed by atoms with van der Waals surface area (Å²) < 4.78 is 0.963. The van der Waals surface area contributed by atoms with E-state index in [1.54, 1.807) is 17.8 Å². The van der Waals surface area contributed by atoms with E-state index in [0.29, 0.717) is 5.56 Å². The molecule has 70 valence electrons. The van der Waals surface area contributed by atoms with Gasteiger partial charge in [0.2, 0.25) is 0 Å². The third-order valence-electron chi connectivity index (χ3n) is 1.46. The quantitative estimate of drug-likeness (QED) is 0.616. The fourth-order valence-corrected chi connectivity index (χ4v) is 2.50. The van der Waals surface area contributed by atoms with E-state index in [2.05, 4.69) is 15.9 Å². The fourth-order valence-electron chi connectivity index (χ4n) is 0.933. The van der Waals surface area contributed by atoms with Gasteiger partial charge in [-0.15, -0.1) is 11.8 Å². The Morgan fingerprint density at radius 3 is 2.85 bits per heavy atom. The molecule has 0 aliphatic heterocycles. The van der Waals surface area contributed by atoms with Gasteiger partial charge in [-0.05, 0) is 35.6 Å². The van der Waals surface area contributed by atoms with Crippen LogP contribution in [0.3, 0.4) is 0 Å². The molecule has 0 atom stereocenters. The molecule has 0 amide bonds. The average Bonchev–Trinajstić information content (AvgIpc) is 2.04. The van der Waals surface area contributed by atoms with Gasteiger partial charge in [0.15, 0.2) is 0 Å². The maximum absolute atomic E-state index is 11.0. The van der Waals surface area contributed by atoms with E-state index in [1.165, 1.54) is 0 Å². The van der Waals surface area contributed by atoms with Crippen LogP contribution in [0.15, 0.2) is 27.6 Å². The summed E-state index contributed by atoms with van der Waals surface area (Å²) in [5.74, 6) is 0.924. The fraction of sp³-hybridized carbons (Fsp3) is 0.222. The summed E-state index contributed by atoms with van der Waals surface area (Å²) in [5.41, 5.74) is 0.580. The van der Waals surface area contributed by atoms with E-state index in [-0.39, 0.29) is 0 Å². The molecule has 0 saturated heterocycles. The number of carbonyl (C=O) groups excluding carboxylic acids is 1. The van der Waals surface area contributed by atoms with Crippen LogP contribution in [-0.2, 0) is 0 Å². The van der Waals surface area contributed by atoms with Crippen LogP contribution >= 0.6 is 39.3 Å². The first-order chi connectivity index (χ1) is 6.15. The number of rotatable bonds is 3. The molecule has 0 radical (unpaired) electrons. The molecule has 0 heterocycles. The molecule has 0 aliphatic carbocycles. The summed E-state index contributed by atoms with van der Waals surface area (Å²) in [4.78, 5) is 11.9. The summed E-state index contributed by atoms with van der Waals surface area (Å²) in [5, 5.41) is -0.400. The molecule has 0 N–H and O–H groups in total. The van der Waals surface area contributed by atoms with Crippen molar-refractivity contribution in [3.05, 3.63) is 28.2 Å². The number of benzene rings is 1. The molecule has 0 aliphatic rings. The van der Waals surface area contributed by atoms with Crippen molar-refractivity contribution < 1.29 is 4.79 Å². The van der Waals surface area contributed by atoms with Crippen molar-refractivity contribution in [2.75, 3.05) is 5.75 Å². The van der Waals surface area contributed by atoms with E-state index in [1.807, 2.05) is 19.1 Å². The van der Waals surface area contributed by atoms with E-state index in [0.717, 1.165) is 15.1 Å². The van der Waals surface area contributed by atoms with Gasteiger partial charge >= 0.3 is 0 Å². The maximum Gasteiger partial charge on any atom is 0.253 e. The van der Waals surface area contributed by atoms with Crippen LogP contribution in [0.2, 0.25) is 0 Å². The van der Waals surface area contributed by atoms with E-state index >= 15 is 0 Å². The van der Waals surface area contributed by atoms with Crippen molar-refractivity contribution in [2.24, 2.45) is 0 Å². The predicted octanol–water partition coefficient (Wildman–Crippen LogP) is 3.94. The highest BCUT2D eigenvalue weighted by atomic mass is 79.9. The monoisotopic (exact) mass is 278 g/mol. The highest BCUT2D eigenvalue weighted by Gasteiger charge is 2.08. The highest BCUT2D eigenvalue weighted by molar-refractivity contribution is 9.10. The van der Waals surface area contributed by atoms with E-state index in [9.17, 15) is 4.79 Å². The van der Waals surface area contributed by atoms with Crippen molar-refractivity contribution in [1.82, 2.24) is 0 Å². The molecule has 0 aromatic heterocycles. The zero-order valence-electron chi connectivity index (χ0n) is 7.01. The summed E-state index contributed by atoms with van der Waals surface area (Å²) in [6.45, 7) is 2.04. The molecule has 1 rings (SSSR count). The Bertz CT molecular complexity index is 327. The Morgan fingerprint density at radius 2 is 2.31 bits per heavy atom. The molecule has 1 aromatic carbocycles. The van der Waals surface area contributed by atoms with Crippen LogP contribution in [0.5, 0.6) is 0 Å². The van der Waals surface area contributed by atoms with Gasteiger partial charge in [0.25, 0.3) is 5.24 Å². The van der Waals surface area contributed by atoms with Crippen molar-refractivity contribution in [2.45, 2.75) is 11.8 Å². The second-order valence-electron chi connectivity index (χ2n) is 2.35. The number of carbonyl (C=O) groups is 1. The average molecular weight is 280 g/mol. The van der Waals surface area contributed by atoms with Gasteiger partial charge in [-0.3, -0.25) is 4.79 Å². The van der Waals surface area contributed by atoms with Crippen molar-refractivity contribution in [3.8, 4) is 0 Å². The standard InChI is InChI=1S/C9H8BrClOS/c1-2-13-8-5-6(10)3-4-7(8)9(11)12/h3-5H,2H2,1H3. The van der Waals surface area contributed by atoms with Gasteiger partial charge in [0.1, 0.15) is 0 Å². The number of hydrogen-bond donors (Lipinski definition) is 0. The summed E-state index contributed by atoms with van der Waals surface area (Å²) in [7, 11) is 0. The molecule has 0 saturated carbocycles. The third-order valence-corrected chi connectivity index (χ3v) is 3.09. The van der Waals surface area contributed by atoms with Crippen LogP contribution in [0.1, 0.15) is 17.3 Å². The first kappa shape index (κ1) is 11.1. The molecule has 1 aromatic rings. The normalized spacial score (nSPS) is 10.1. The van der Waals surface area contributed by atoms with Gasteiger partial charge < -0.3 is 0 Å². The van der Waals surface area contributed by atoms with Gasteiger partial charge in [0, 0.05) is 14.9 Å². The Kier molecular flexibility index (Phi) is 4.29. The van der Waals surface area contributed by atoms with Crippen molar-refractivity contribution >= 4 is 44.5 Å². The van der Waals surface area contributed by atoms with Gasteiger partial charge in [-0.2, -0.15) is 0 Å². The first-order valence-corrected chi connectivity index (χ1v) is 5.93. The summed E-state index contributed by atoms with van der Waals surface area (Å²) in [6, 6.07) is 5.45. The Labute approximate surface area is 95.0 Å². The van der Waals surface area contributed by atoms with Crippen LogP contribution in [0.25, 0.3) is 0 Å². The predicted molar refractivity (Wildman–Crippen MR) is 60.7 cm³/mol. The lowest BCUT2D eigenvalue weighted by Crippen LogP contribution is -1.92. The van der Waals surface area contributed by atoms with Crippen LogP contribution < -0.4 is 0 Å². The molecule has 0 bridgehead atoms. The zero-order chi connectivity index (χ0) is 9.84. The van der Waals surface area contributed by atoms with Crippen LogP contribution in [-0.4, -0.2) is 11.0 Å². The molecular weight excluding hydrogens is 272 g/mol. The topological polar surface area (TPSA) is 17.1 Å². The summed E-state index contributed by atoms with van der Waals surface area (Å²) >= 11 is 10.4. The SMILES string of the molecule is CCSc1cc(Br)ccc1C(=O)Cl. The summed E-state index contributed by atoms with van der Waals surface area (Å²) in [6.07, 6.45) is 0. The second-order valence-corrected chi connectivity index (χ2v) is 4.91. The molecule has 13 heavy (non-hydrogen) atoms. The largest absolute Gasteiger partial charge is 0.276 e. The van der Waals surface area contributed by atoms with Gasteiger partial charge in [-0.25, -0.2) is 0 Å². The number of halogens is 2. The first-order valence-electron chi connectivity index (χ1n) is 3.77. The minimum Gasteiger partial charge on any atom is -0.276 e.